The molecule has 138 valence electrons. The van der Waals surface area contributed by atoms with Gasteiger partial charge in [-0.1, -0.05) is 54.5 Å². The molecule has 0 aliphatic heterocycles. The van der Waals surface area contributed by atoms with Crippen LogP contribution < -0.4 is 10.6 Å². The lowest BCUT2D eigenvalue weighted by atomic mass is 9.89. The molecule has 0 bridgehead atoms. The Morgan fingerprint density at radius 2 is 2.00 bits per heavy atom. The van der Waals surface area contributed by atoms with Crippen molar-refractivity contribution in [2.24, 2.45) is 5.92 Å². The Bertz CT molecular complexity index is 772. The topological polar surface area (TPSA) is 84.0 Å². The van der Waals surface area contributed by atoms with E-state index in [4.69, 9.17) is 0 Å². The van der Waals surface area contributed by atoms with Crippen molar-refractivity contribution in [1.82, 2.24) is 10.2 Å². The first-order valence-corrected chi connectivity index (χ1v) is 10.5. The van der Waals surface area contributed by atoms with Crippen molar-refractivity contribution in [2.45, 2.75) is 43.4 Å². The number of anilines is 2. The van der Waals surface area contributed by atoms with Gasteiger partial charge >= 0.3 is 0 Å². The van der Waals surface area contributed by atoms with Gasteiger partial charge in [0.25, 0.3) is 0 Å². The van der Waals surface area contributed by atoms with Crippen LogP contribution in [0.2, 0.25) is 0 Å². The lowest BCUT2D eigenvalue weighted by Gasteiger charge is -2.19. The molecule has 26 heavy (non-hydrogen) atoms. The fraction of sp³-hybridized carbons (Fsp3) is 0.444. The Balaban J connectivity index is 1.45. The minimum atomic E-state index is -0.0939. The molecule has 1 aliphatic carbocycles. The largest absolute Gasteiger partial charge is 0.325 e. The zero-order chi connectivity index (χ0) is 18.4. The minimum absolute atomic E-state index is 0.0367. The summed E-state index contributed by atoms with van der Waals surface area (Å²) in [5.41, 5.74) is 1.88. The van der Waals surface area contributed by atoms with Gasteiger partial charge in [0, 0.05) is 11.6 Å². The second-order valence-electron chi connectivity index (χ2n) is 6.40. The van der Waals surface area contributed by atoms with E-state index in [0.717, 1.165) is 36.9 Å². The van der Waals surface area contributed by atoms with Crippen LogP contribution >= 0.6 is 23.1 Å². The van der Waals surface area contributed by atoms with Crippen molar-refractivity contribution < 1.29 is 9.59 Å². The highest BCUT2D eigenvalue weighted by Gasteiger charge is 2.22. The molecule has 1 heterocycles. The molecule has 0 saturated heterocycles. The summed E-state index contributed by atoms with van der Waals surface area (Å²) in [6.07, 6.45) is 5.35. The van der Waals surface area contributed by atoms with Gasteiger partial charge in [0.15, 0.2) is 4.34 Å². The number of carbonyl (C=O) groups excluding carboxylic acids is 2. The molecule has 0 radical (unpaired) electrons. The highest BCUT2D eigenvalue weighted by Crippen LogP contribution is 2.28. The lowest BCUT2D eigenvalue weighted by molar-refractivity contribution is -0.120. The predicted octanol–water partition coefficient (Wildman–Crippen LogP) is 4.10. The zero-order valence-electron chi connectivity index (χ0n) is 14.7. The summed E-state index contributed by atoms with van der Waals surface area (Å²) in [5, 5.41) is 14.3. The SMILES string of the molecule is Cc1cccc(NC(=O)CSc2nnc(NC(=O)C3CCCCC3)s2)c1. The molecular formula is C18H22N4O2S2. The third kappa shape index (κ3) is 5.54. The van der Waals surface area contributed by atoms with Crippen LogP contribution in [-0.2, 0) is 9.59 Å². The molecule has 2 N–H and O–H groups in total. The first-order chi connectivity index (χ1) is 12.6. The van der Waals surface area contributed by atoms with Crippen LogP contribution in [0.4, 0.5) is 10.8 Å². The van der Waals surface area contributed by atoms with Gasteiger partial charge in [-0.15, -0.1) is 10.2 Å². The van der Waals surface area contributed by atoms with Gasteiger partial charge in [-0.3, -0.25) is 9.59 Å². The van der Waals surface area contributed by atoms with Gasteiger partial charge in [-0.2, -0.15) is 0 Å². The smallest absolute Gasteiger partial charge is 0.234 e. The Hall–Kier alpha value is -1.93. The number of rotatable bonds is 6. The maximum Gasteiger partial charge on any atom is 0.234 e. The quantitative estimate of drug-likeness (QED) is 0.573. The summed E-state index contributed by atoms with van der Waals surface area (Å²) in [7, 11) is 0. The van der Waals surface area contributed by atoms with Crippen molar-refractivity contribution in [2.75, 3.05) is 16.4 Å². The van der Waals surface area contributed by atoms with E-state index < -0.39 is 0 Å². The number of amides is 2. The molecule has 8 heteroatoms. The Kier molecular flexibility index (Phi) is 6.62. The molecule has 2 aromatic rings. The summed E-state index contributed by atoms with van der Waals surface area (Å²) < 4.78 is 0.670. The number of nitrogens with one attached hydrogen (secondary N) is 2. The standard InChI is InChI=1S/C18H22N4O2S2/c1-12-6-5-9-14(10-12)19-15(23)11-25-18-22-21-17(26-18)20-16(24)13-7-3-2-4-8-13/h5-6,9-10,13H,2-4,7-8,11H2,1H3,(H,19,23)(H,20,21,24). The van der Waals surface area contributed by atoms with Crippen LogP contribution in [0.25, 0.3) is 0 Å². The molecular weight excluding hydrogens is 368 g/mol. The number of hydrogen-bond acceptors (Lipinski definition) is 6. The number of hydrogen-bond donors (Lipinski definition) is 2. The third-order valence-electron chi connectivity index (χ3n) is 4.24. The molecule has 0 spiro atoms. The van der Waals surface area contributed by atoms with E-state index in [9.17, 15) is 9.59 Å². The van der Waals surface area contributed by atoms with Gasteiger partial charge in [0.1, 0.15) is 0 Å². The average Bonchev–Trinajstić information content (AvgIpc) is 3.08. The van der Waals surface area contributed by atoms with E-state index in [0.29, 0.717) is 9.47 Å². The van der Waals surface area contributed by atoms with E-state index in [1.54, 1.807) is 0 Å². The number of carbonyl (C=O) groups is 2. The van der Waals surface area contributed by atoms with E-state index >= 15 is 0 Å². The van der Waals surface area contributed by atoms with Crippen LogP contribution in [0.15, 0.2) is 28.6 Å². The van der Waals surface area contributed by atoms with Crippen LogP contribution in [0.5, 0.6) is 0 Å². The molecule has 2 amide bonds. The molecule has 6 nitrogen and oxygen atoms in total. The summed E-state index contributed by atoms with van der Waals surface area (Å²) in [4.78, 5) is 24.3. The lowest BCUT2D eigenvalue weighted by Crippen LogP contribution is -2.24. The van der Waals surface area contributed by atoms with Crippen molar-refractivity contribution in [1.29, 1.82) is 0 Å². The summed E-state index contributed by atoms with van der Waals surface area (Å²) in [6.45, 7) is 1.98. The van der Waals surface area contributed by atoms with Gasteiger partial charge < -0.3 is 10.6 Å². The fourth-order valence-electron chi connectivity index (χ4n) is 2.94. The Morgan fingerprint density at radius 3 is 2.77 bits per heavy atom. The molecule has 1 aliphatic rings. The number of thioether (sulfide) groups is 1. The molecule has 1 fully saturated rings. The van der Waals surface area contributed by atoms with Crippen molar-refractivity contribution in [3.05, 3.63) is 29.8 Å². The van der Waals surface area contributed by atoms with E-state index in [1.807, 2.05) is 31.2 Å². The number of nitrogens with zero attached hydrogens (tertiary/aromatic N) is 2. The van der Waals surface area contributed by atoms with Crippen molar-refractivity contribution in [3.63, 3.8) is 0 Å². The average molecular weight is 391 g/mol. The number of aromatic nitrogens is 2. The maximum absolute atomic E-state index is 12.2. The molecule has 1 aromatic heterocycles. The highest BCUT2D eigenvalue weighted by atomic mass is 32.2. The van der Waals surface area contributed by atoms with Gasteiger partial charge in [0.2, 0.25) is 16.9 Å². The summed E-state index contributed by atoms with van der Waals surface area (Å²) >= 11 is 2.62. The second-order valence-corrected chi connectivity index (χ2v) is 8.60. The number of aryl methyl sites for hydroxylation is 1. The summed E-state index contributed by atoms with van der Waals surface area (Å²) in [5.74, 6) is 0.279. The molecule has 1 saturated carbocycles. The van der Waals surface area contributed by atoms with Crippen LogP contribution in [0, 0.1) is 12.8 Å². The van der Waals surface area contributed by atoms with Crippen LogP contribution in [0.3, 0.4) is 0 Å². The van der Waals surface area contributed by atoms with Crippen LogP contribution in [-0.4, -0.2) is 27.8 Å². The maximum atomic E-state index is 12.2. The normalized spacial score (nSPS) is 14.8. The minimum Gasteiger partial charge on any atom is -0.325 e. The van der Waals surface area contributed by atoms with Crippen molar-refractivity contribution >= 4 is 45.7 Å². The van der Waals surface area contributed by atoms with Gasteiger partial charge in [-0.25, -0.2) is 0 Å². The fourth-order valence-corrected chi connectivity index (χ4v) is 4.49. The van der Waals surface area contributed by atoms with Gasteiger partial charge in [0.05, 0.1) is 5.75 Å². The van der Waals surface area contributed by atoms with Gasteiger partial charge in [-0.05, 0) is 37.5 Å². The van der Waals surface area contributed by atoms with E-state index in [1.165, 1.54) is 29.5 Å². The monoisotopic (exact) mass is 390 g/mol. The summed E-state index contributed by atoms with van der Waals surface area (Å²) in [6, 6.07) is 7.67. The zero-order valence-corrected chi connectivity index (χ0v) is 16.3. The Morgan fingerprint density at radius 1 is 1.19 bits per heavy atom. The molecule has 0 atom stereocenters. The number of benzene rings is 1. The first-order valence-electron chi connectivity index (χ1n) is 8.74. The van der Waals surface area contributed by atoms with E-state index in [2.05, 4.69) is 20.8 Å². The van der Waals surface area contributed by atoms with Crippen molar-refractivity contribution in [3.8, 4) is 0 Å². The first kappa shape index (κ1) is 18.8. The third-order valence-corrected chi connectivity index (χ3v) is 6.21. The predicted molar refractivity (Wildman–Crippen MR) is 106 cm³/mol. The molecule has 0 unspecified atom stereocenters. The van der Waals surface area contributed by atoms with Crippen LogP contribution in [0.1, 0.15) is 37.7 Å². The highest BCUT2D eigenvalue weighted by molar-refractivity contribution is 8.01. The van der Waals surface area contributed by atoms with E-state index in [-0.39, 0.29) is 23.5 Å². The Labute approximate surface area is 161 Å². The molecule has 1 aromatic carbocycles. The molecule has 3 rings (SSSR count). The second kappa shape index (κ2) is 9.14.